The first-order valence-corrected chi connectivity index (χ1v) is 4.43. The van der Waals surface area contributed by atoms with Crippen molar-refractivity contribution in [2.45, 2.75) is 13.3 Å². The van der Waals surface area contributed by atoms with Gasteiger partial charge in [-0.3, -0.25) is 0 Å². The Hall–Kier alpha value is -0.960. The molecule has 0 spiro atoms. The fourth-order valence-electron chi connectivity index (χ4n) is 1.34. The summed E-state index contributed by atoms with van der Waals surface area (Å²) in [6, 6.07) is 4.29. The van der Waals surface area contributed by atoms with E-state index in [4.69, 9.17) is 0 Å². The van der Waals surface area contributed by atoms with Crippen molar-refractivity contribution in [3.63, 3.8) is 0 Å². The lowest BCUT2D eigenvalue weighted by molar-refractivity contribution is -0.811. The summed E-state index contributed by atoms with van der Waals surface area (Å²) in [5.41, 5.74) is 0.404. The molecule has 0 bridgehead atoms. The Balaban J connectivity index is 2.93. The van der Waals surface area contributed by atoms with Crippen LogP contribution in [0.3, 0.4) is 0 Å². The van der Waals surface area contributed by atoms with E-state index in [0.717, 1.165) is 23.9 Å². The van der Waals surface area contributed by atoms with Crippen molar-refractivity contribution >= 4 is 5.69 Å². The van der Waals surface area contributed by atoms with Crippen LogP contribution in [-0.4, -0.2) is 13.6 Å². The molecule has 1 rings (SSSR count). The summed E-state index contributed by atoms with van der Waals surface area (Å²) >= 11 is 0. The fraction of sp³-hybridized carbons (Fsp3) is 0.400. The second-order valence-corrected chi connectivity index (χ2v) is 3.13. The number of nitrogens with one attached hydrogen (secondary N) is 1. The largest absolute Gasteiger partial charge is 0.302 e. The maximum Gasteiger partial charge on any atom is 0.219 e. The monoisotopic (exact) mass is 186 g/mol. The van der Waals surface area contributed by atoms with Crippen molar-refractivity contribution in [2.24, 2.45) is 0 Å². The van der Waals surface area contributed by atoms with Crippen molar-refractivity contribution in [1.82, 2.24) is 0 Å². The van der Waals surface area contributed by atoms with E-state index in [1.165, 1.54) is 6.07 Å². The molecule has 1 atom stereocenters. The van der Waals surface area contributed by atoms with Crippen LogP contribution in [0.5, 0.6) is 0 Å². The molecule has 0 aliphatic rings. The quantitative estimate of drug-likeness (QED) is 0.730. The summed E-state index contributed by atoms with van der Waals surface area (Å²) in [4.78, 5) is 0.902. The van der Waals surface area contributed by atoms with Gasteiger partial charge in [0, 0.05) is 6.07 Å². The molecule has 0 heterocycles. The van der Waals surface area contributed by atoms with E-state index >= 15 is 0 Å². The van der Waals surface area contributed by atoms with Crippen molar-refractivity contribution in [3.8, 4) is 0 Å². The summed E-state index contributed by atoms with van der Waals surface area (Å²) in [6.45, 7) is 2.82. The molecule has 72 valence electrons. The lowest BCUT2D eigenvalue weighted by atomic mass is 10.2. The highest BCUT2D eigenvalue weighted by Gasteiger charge is 2.14. The van der Waals surface area contributed by atoms with Crippen LogP contribution < -0.4 is 4.90 Å². The molecule has 0 aliphatic carbocycles. The Labute approximate surface area is 77.0 Å². The van der Waals surface area contributed by atoms with Gasteiger partial charge in [-0.05, 0) is 12.5 Å². The number of benzene rings is 1. The lowest BCUT2D eigenvalue weighted by Gasteiger charge is -2.12. The first-order valence-electron chi connectivity index (χ1n) is 4.43. The minimum Gasteiger partial charge on any atom is -0.302 e. The zero-order valence-electron chi connectivity index (χ0n) is 7.90. The van der Waals surface area contributed by atoms with Gasteiger partial charge in [-0.2, -0.15) is 4.39 Å². The molecule has 1 unspecified atom stereocenters. The van der Waals surface area contributed by atoms with Gasteiger partial charge in [0.15, 0.2) is 11.5 Å². The third kappa shape index (κ3) is 2.25. The Bertz CT molecular complexity index is 286. The van der Waals surface area contributed by atoms with Crippen LogP contribution in [0.4, 0.5) is 14.5 Å². The van der Waals surface area contributed by atoms with Crippen molar-refractivity contribution in [1.29, 1.82) is 0 Å². The highest BCUT2D eigenvalue weighted by Crippen LogP contribution is 2.11. The molecule has 1 aromatic carbocycles. The summed E-state index contributed by atoms with van der Waals surface area (Å²) < 4.78 is 26.0. The third-order valence-corrected chi connectivity index (χ3v) is 2.04. The number of quaternary nitrogens is 1. The van der Waals surface area contributed by atoms with Gasteiger partial charge in [-0.1, -0.05) is 13.0 Å². The third-order valence-electron chi connectivity index (χ3n) is 2.04. The standard InChI is InChI=1S/C10H13F2N/c1-3-7-13(2)9-6-4-5-8(11)10(9)12/h4-6H,3,7H2,1-2H3/p+1. The van der Waals surface area contributed by atoms with Crippen LogP contribution in [0, 0.1) is 11.6 Å². The second kappa shape index (κ2) is 4.33. The minimum atomic E-state index is -0.770. The summed E-state index contributed by atoms with van der Waals surface area (Å²) in [6.07, 6.45) is 0.946. The number of halogens is 2. The molecule has 13 heavy (non-hydrogen) atoms. The molecule has 1 nitrogen and oxygen atoms in total. The van der Waals surface area contributed by atoms with Crippen LogP contribution in [0.25, 0.3) is 0 Å². The normalized spacial score (nSPS) is 12.9. The molecule has 0 radical (unpaired) electrons. The Morgan fingerprint density at radius 3 is 2.62 bits per heavy atom. The smallest absolute Gasteiger partial charge is 0.219 e. The fourth-order valence-corrected chi connectivity index (χ4v) is 1.34. The van der Waals surface area contributed by atoms with Crippen LogP contribution in [0.1, 0.15) is 13.3 Å². The van der Waals surface area contributed by atoms with Gasteiger partial charge >= 0.3 is 0 Å². The molecule has 0 aromatic heterocycles. The highest BCUT2D eigenvalue weighted by molar-refractivity contribution is 5.31. The molecule has 3 heteroatoms. The zero-order chi connectivity index (χ0) is 9.84. The Kier molecular flexibility index (Phi) is 3.37. The van der Waals surface area contributed by atoms with Crippen LogP contribution in [0.2, 0.25) is 0 Å². The van der Waals surface area contributed by atoms with E-state index in [1.807, 2.05) is 14.0 Å². The first kappa shape index (κ1) is 10.1. The molecule has 0 fully saturated rings. The van der Waals surface area contributed by atoms with E-state index in [9.17, 15) is 8.78 Å². The lowest BCUT2D eigenvalue weighted by Crippen LogP contribution is -3.04. The van der Waals surface area contributed by atoms with E-state index < -0.39 is 11.6 Å². The van der Waals surface area contributed by atoms with E-state index in [1.54, 1.807) is 6.07 Å². The topological polar surface area (TPSA) is 4.44 Å². The van der Waals surface area contributed by atoms with Gasteiger partial charge in [0.2, 0.25) is 5.82 Å². The second-order valence-electron chi connectivity index (χ2n) is 3.13. The summed E-state index contributed by atoms with van der Waals surface area (Å²) in [5.74, 6) is -1.50. The van der Waals surface area contributed by atoms with Gasteiger partial charge in [0.05, 0.1) is 13.6 Å². The predicted molar refractivity (Wildman–Crippen MR) is 48.1 cm³/mol. The molecular formula is C10H14F2N+. The van der Waals surface area contributed by atoms with Crippen LogP contribution >= 0.6 is 0 Å². The summed E-state index contributed by atoms with van der Waals surface area (Å²) in [5, 5.41) is 0. The van der Waals surface area contributed by atoms with Crippen LogP contribution in [-0.2, 0) is 0 Å². The first-order chi connectivity index (χ1) is 6.16. The van der Waals surface area contributed by atoms with E-state index in [-0.39, 0.29) is 0 Å². The molecular weight excluding hydrogens is 172 g/mol. The average Bonchev–Trinajstić information content (AvgIpc) is 2.10. The van der Waals surface area contributed by atoms with Gasteiger partial charge in [0.25, 0.3) is 0 Å². The SMILES string of the molecule is CCC[NH+](C)c1cccc(F)c1F. The number of hydrogen-bond donors (Lipinski definition) is 1. The van der Waals surface area contributed by atoms with Gasteiger partial charge in [-0.25, -0.2) is 4.39 Å². The van der Waals surface area contributed by atoms with Gasteiger partial charge in [0.1, 0.15) is 0 Å². The molecule has 1 N–H and O–H groups in total. The van der Waals surface area contributed by atoms with Gasteiger partial charge in [-0.15, -0.1) is 0 Å². The van der Waals surface area contributed by atoms with Crippen molar-refractivity contribution in [3.05, 3.63) is 29.8 Å². The maximum atomic E-state index is 13.2. The van der Waals surface area contributed by atoms with E-state index in [0.29, 0.717) is 5.69 Å². The zero-order valence-corrected chi connectivity index (χ0v) is 7.90. The molecule has 1 aromatic rings. The van der Waals surface area contributed by atoms with E-state index in [2.05, 4.69) is 0 Å². The van der Waals surface area contributed by atoms with Gasteiger partial charge < -0.3 is 4.90 Å². The summed E-state index contributed by atoms with van der Waals surface area (Å²) in [7, 11) is 1.83. The Morgan fingerprint density at radius 1 is 1.31 bits per heavy atom. The predicted octanol–water partition coefficient (Wildman–Crippen LogP) is 1.52. The highest BCUT2D eigenvalue weighted by atomic mass is 19.2. The van der Waals surface area contributed by atoms with Crippen molar-refractivity contribution < 1.29 is 13.7 Å². The average molecular weight is 186 g/mol. The molecule has 0 aliphatic heterocycles. The van der Waals surface area contributed by atoms with Crippen molar-refractivity contribution in [2.75, 3.05) is 13.6 Å². The molecule has 0 amide bonds. The minimum absolute atomic E-state index is 0.404. The Morgan fingerprint density at radius 2 is 2.00 bits per heavy atom. The number of rotatable bonds is 3. The molecule has 0 saturated heterocycles. The maximum absolute atomic E-state index is 13.2. The van der Waals surface area contributed by atoms with Crippen LogP contribution in [0.15, 0.2) is 18.2 Å². The number of hydrogen-bond acceptors (Lipinski definition) is 0. The molecule has 0 saturated carbocycles.